The van der Waals surface area contributed by atoms with Crippen LogP contribution in [0.3, 0.4) is 0 Å². The normalized spacial score (nSPS) is 10.7. The van der Waals surface area contributed by atoms with Gasteiger partial charge in [0.1, 0.15) is 5.82 Å². The topological polar surface area (TPSA) is 0 Å². The van der Waals surface area contributed by atoms with E-state index >= 15 is 0 Å². The summed E-state index contributed by atoms with van der Waals surface area (Å²) in [5.74, 6) is -0.875. The molecule has 0 N–H and O–H groups in total. The minimum atomic E-state index is -4.46. The molecule has 0 unspecified atom stereocenters. The van der Waals surface area contributed by atoms with Gasteiger partial charge in [-0.2, -0.15) is 13.2 Å². The lowest BCUT2D eigenvalue weighted by Gasteiger charge is -2.04. The van der Waals surface area contributed by atoms with Crippen LogP contribution in [0.1, 0.15) is 13.0 Å². The first-order valence-electron chi connectivity index (χ1n) is 2.83. The average Bonchev–Trinajstić information content (AvgIpc) is 1.86. The molecule has 0 saturated heterocycles. The summed E-state index contributed by atoms with van der Waals surface area (Å²) in [6, 6.07) is 3.27. The summed E-state index contributed by atoms with van der Waals surface area (Å²) in [5.41, 5.74) is -0.961. The van der Waals surface area contributed by atoms with Gasteiger partial charge in [-0.3, -0.25) is 0 Å². The van der Waals surface area contributed by atoms with Gasteiger partial charge in [-0.15, -0.1) is 0 Å². The number of hydrogen-bond acceptors (Lipinski definition) is 0. The van der Waals surface area contributed by atoms with Gasteiger partial charge in [0.2, 0.25) is 0 Å². The Hall–Kier alpha value is -1.06. The van der Waals surface area contributed by atoms with E-state index in [4.69, 9.17) is 0 Å². The van der Waals surface area contributed by atoms with Crippen LogP contribution in [0.5, 0.6) is 0 Å². The Labute approximate surface area is 67.8 Å². The van der Waals surface area contributed by atoms with Crippen LogP contribution < -0.4 is 0 Å². The Balaban J connectivity index is 0.00000121. The van der Waals surface area contributed by atoms with E-state index in [1.165, 1.54) is 0 Å². The molecule has 1 aromatic rings. The largest absolute Gasteiger partial charge is 0.416 e. The van der Waals surface area contributed by atoms with Crippen molar-refractivity contribution in [1.29, 1.82) is 0 Å². The van der Waals surface area contributed by atoms with Gasteiger partial charge in [0.15, 0.2) is 0 Å². The van der Waals surface area contributed by atoms with E-state index in [2.05, 4.69) is 0 Å². The van der Waals surface area contributed by atoms with Gasteiger partial charge in [-0.25, -0.2) is 4.39 Å². The molecule has 1 aromatic carbocycles. The van der Waals surface area contributed by atoms with Gasteiger partial charge in [0.25, 0.3) is 0 Å². The van der Waals surface area contributed by atoms with Crippen LogP contribution >= 0.6 is 0 Å². The standard InChI is InChI=1S/C7H4F4.CH4/c8-6-3-1-2-5(4-6)7(9,10)11;/h1-4H;1H4. The molecule has 4 heteroatoms. The number of hydrogen-bond donors (Lipinski definition) is 0. The molecule has 0 aromatic heterocycles. The highest BCUT2D eigenvalue weighted by Gasteiger charge is 2.30. The van der Waals surface area contributed by atoms with Crippen LogP contribution in [0.2, 0.25) is 0 Å². The lowest BCUT2D eigenvalue weighted by atomic mass is 10.2. The minimum absolute atomic E-state index is 0. The molecule has 0 spiro atoms. The lowest BCUT2D eigenvalue weighted by Crippen LogP contribution is -2.04. The first-order chi connectivity index (χ1) is 5.00. The van der Waals surface area contributed by atoms with E-state index in [0.29, 0.717) is 6.07 Å². The number of benzene rings is 1. The molecule has 0 bridgehead atoms. The maximum atomic E-state index is 12.2. The molecule has 0 saturated carbocycles. The number of rotatable bonds is 0. The Kier molecular flexibility index (Phi) is 3.24. The molecule has 1 rings (SSSR count). The molecule has 0 aliphatic carbocycles. The van der Waals surface area contributed by atoms with Crippen molar-refractivity contribution in [3.05, 3.63) is 35.6 Å². The third-order valence-corrected chi connectivity index (χ3v) is 1.15. The predicted octanol–water partition coefficient (Wildman–Crippen LogP) is 3.48. The van der Waals surface area contributed by atoms with Crippen molar-refractivity contribution in [2.24, 2.45) is 0 Å². The molecule has 12 heavy (non-hydrogen) atoms. The zero-order valence-electron chi connectivity index (χ0n) is 5.32. The van der Waals surface area contributed by atoms with Crippen molar-refractivity contribution in [1.82, 2.24) is 0 Å². The highest BCUT2D eigenvalue weighted by atomic mass is 19.4. The lowest BCUT2D eigenvalue weighted by molar-refractivity contribution is -0.137. The molecule has 0 nitrogen and oxygen atoms in total. The molecule has 0 fully saturated rings. The van der Waals surface area contributed by atoms with E-state index in [1.807, 2.05) is 0 Å². The van der Waals surface area contributed by atoms with E-state index in [-0.39, 0.29) is 7.43 Å². The summed E-state index contributed by atoms with van der Waals surface area (Å²) in [4.78, 5) is 0. The average molecular weight is 180 g/mol. The molecular formula is C8H8F4. The summed E-state index contributed by atoms with van der Waals surface area (Å²) >= 11 is 0. The molecule has 0 aliphatic rings. The Morgan fingerprint density at radius 2 is 1.67 bits per heavy atom. The molecule has 68 valence electrons. The second-order valence-corrected chi connectivity index (χ2v) is 2.01. The smallest absolute Gasteiger partial charge is 0.207 e. The fourth-order valence-corrected chi connectivity index (χ4v) is 0.665. The fraction of sp³-hybridized carbons (Fsp3) is 0.250. The van der Waals surface area contributed by atoms with Crippen molar-refractivity contribution in [2.75, 3.05) is 0 Å². The van der Waals surface area contributed by atoms with Crippen molar-refractivity contribution in [3.8, 4) is 0 Å². The first-order valence-corrected chi connectivity index (χ1v) is 2.83. The Bertz CT molecular complexity index is 251. The van der Waals surface area contributed by atoms with Crippen molar-refractivity contribution in [2.45, 2.75) is 13.6 Å². The van der Waals surface area contributed by atoms with Gasteiger partial charge < -0.3 is 0 Å². The molecule has 0 heterocycles. The highest BCUT2D eigenvalue weighted by Crippen LogP contribution is 2.28. The summed E-state index contributed by atoms with van der Waals surface area (Å²) in [5, 5.41) is 0. The van der Waals surface area contributed by atoms with E-state index < -0.39 is 17.6 Å². The molecular weight excluding hydrogens is 172 g/mol. The SMILES string of the molecule is C.Fc1cccc(C(F)(F)F)c1. The summed E-state index contributed by atoms with van der Waals surface area (Å²) in [7, 11) is 0. The number of halogens is 4. The summed E-state index contributed by atoms with van der Waals surface area (Å²) in [6.07, 6.45) is -4.46. The first kappa shape index (κ1) is 10.9. The van der Waals surface area contributed by atoms with Crippen LogP contribution in [0.4, 0.5) is 17.6 Å². The van der Waals surface area contributed by atoms with Gasteiger partial charge in [-0.1, -0.05) is 13.5 Å². The fourth-order valence-electron chi connectivity index (χ4n) is 0.665. The maximum absolute atomic E-state index is 12.2. The monoisotopic (exact) mass is 180 g/mol. The van der Waals surface area contributed by atoms with E-state index in [1.54, 1.807) is 0 Å². The molecule has 0 atom stereocenters. The predicted molar refractivity (Wildman–Crippen MR) is 38.1 cm³/mol. The molecule has 0 amide bonds. The quantitative estimate of drug-likeness (QED) is 0.536. The van der Waals surface area contributed by atoms with Gasteiger partial charge in [0, 0.05) is 0 Å². The third-order valence-electron chi connectivity index (χ3n) is 1.15. The van der Waals surface area contributed by atoms with E-state index in [9.17, 15) is 17.6 Å². The summed E-state index contributed by atoms with van der Waals surface area (Å²) < 4.78 is 47.6. The zero-order valence-corrected chi connectivity index (χ0v) is 5.32. The Morgan fingerprint density at radius 1 is 1.08 bits per heavy atom. The zero-order chi connectivity index (χ0) is 8.48. The van der Waals surface area contributed by atoms with Gasteiger partial charge in [-0.05, 0) is 18.2 Å². The highest BCUT2D eigenvalue weighted by molar-refractivity contribution is 5.18. The van der Waals surface area contributed by atoms with Crippen LogP contribution in [-0.2, 0) is 6.18 Å². The second kappa shape index (κ2) is 3.56. The van der Waals surface area contributed by atoms with Crippen LogP contribution in [0.15, 0.2) is 24.3 Å². The van der Waals surface area contributed by atoms with E-state index in [0.717, 1.165) is 18.2 Å². The second-order valence-electron chi connectivity index (χ2n) is 2.01. The van der Waals surface area contributed by atoms with Crippen LogP contribution in [0, 0.1) is 5.82 Å². The van der Waals surface area contributed by atoms with Gasteiger partial charge >= 0.3 is 6.18 Å². The molecule has 0 radical (unpaired) electrons. The van der Waals surface area contributed by atoms with Crippen molar-refractivity contribution < 1.29 is 17.6 Å². The van der Waals surface area contributed by atoms with Crippen LogP contribution in [0.25, 0.3) is 0 Å². The summed E-state index contributed by atoms with van der Waals surface area (Å²) in [6.45, 7) is 0. The molecule has 0 aliphatic heterocycles. The van der Waals surface area contributed by atoms with Crippen LogP contribution in [-0.4, -0.2) is 0 Å². The van der Waals surface area contributed by atoms with Gasteiger partial charge in [0.05, 0.1) is 5.56 Å². The van der Waals surface area contributed by atoms with Crippen molar-refractivity contribution in [3.63, 3.8) is 0 Å². The minimum Gasteiger partial charge on any atom is -0.207 e. The Morgan fingerprint density at radius 3 is 2.00 bits per heavy atom. The number of alkyl halides is 3. The van der Waals surface area contributed by atoms with Crippen molar-refractivity contribution >= 4 is 0 Å². The third kappa shape index (κ3) is 2.53. The maximum Gasteiger partial charge on any atom is 0.416 e.